The molecule has 0 fully saturated rings. The van der Waals surface area contributed by atoms with Crippen molar-refractivity contribution in [3.05, 3.63) is 118 Å². The summed E-state index contributed by atoms with van der Waals surface area (Å²) in [5, 5.41) is 5.65. The Morgan fingerprint density at radius 1 is 0.634 bits per heavy atom. The van der Waals surface area contributed by atoms with Crippen LogP contribution < -0.4 is 15.4 Å². The van der Waals surface area contributed by atoms with E-state index in [2.05, 4.69) is 36.1 Å². The van der Waals surface area contributed by atoms with Crippen molar-refractivity contribution >= 4 is 38.9 Å². The Morgan fingerprint density at radius 2 is 1.17 bits per heavy atom. The van der Waals surface area contributed by atoms with Gasteiger partial charge >= 0.3 is 0 Å². The van der Waals surface area contributed by atoms with Crippen molar-refractivity contribution in [3.63, 3.8) is 0 Å². The number of sulfonamides is 1. The van der Waals surface area contributed by atoms with Crippen LogP contribution in [0.1, 0.15) is 63.7 Å². The lowest BCUT2D eigenvalue weighted by atomic mass is 9.87. The molecule has 4 aromatic rings. The van der Waals surface area contributed by atoms with Crippen LogP contribution in [0.4, 0.5) is 17.1 Å². The maximum absolute atomic E-state index is 13.2. The third-order valence-corrected chi connectivity index (χ3v) is 8.13. The lowest BCUT2D eigenvalue weighted by Gasteiger charge is -2.19. The van der Waals surface area contributed by atoms with Gasteiger partial charge in [-0.1, -0.05) is 51.1 Å². The first kappa shape index (κ1) is 29.6. The fourth-order valence-electron chi connectivity index (χ4n) is 4.48. The molecule has 0 bridgehead atoms. The Balaban J connectivity index is 1.49. The number of amides is 2. The molecular formula is C33H35N3O4S. The van der Waals surface area contributed by atoms with E-state index in [1.165, 1.54) is 6.07 Å². The molecule has 2 amide bonds. The van der Waals surface area contributed by atoms with Crippen LogP contribution >= 0.6 is 0 Å². The number of rotatable bonds is 7. The lowest BCUT2D eigenvalue weighted by molar-refractivity contribution is 0.101. The van der Waals surface area contributed by atoms with Crippen LogP contribution in [0.5, 0.6) is 0 Å². The Morgan fingerprint density at radius 3 is 1.73 bits per heavy atom. The Kier molecular flexibility index (Phi) is 8.35. The van der Waals surface area contributed by atoms with E-state index in [0.717, 1.165) is 16.7 Å². The van der Waals surface area contributed by atoms with Crippen molar-refractivity contribution in [2.75, 3.05) is 15.4 Å². The summed E-state index contributed by atoms with van der Waals surface area (Å²) in [4.78, 5) is 25.9. The van der Waals surface area contributed by atoms with Crippen molar-refractivity contribution < 1.29 is 18.0 Å². The highest BCUT2D eigenvalue weighted by Gasteiger charge is 2.20. The second-order valence-corrected chi connectivity index (χ2v) is 12.9. The van der Waals surface area contributed by atoms with Crippen LogP contribution in [-0.4, -0.2) is 20.2 Å². The maximum Gasteiger partial charge on any atom is 0.262 e. The summed E-state index contributed by atoms with van der Waals surface area (Å²) in [5.74, 6) is -0.743. The molecule has 7 nitrogen and oxygen atoms in total. The summed E-state index contributed by atoms with van der Waals surface area (Å²) in [6.07, 6.45) is 0. The topological polar surface area (TPSA) is 104 Å². The molecule has 0 saturated heterocycles. The van der Waals surface area contributed by atoms with E-state index in [0.29, 0.717) is 28.2 Å². The van der Waals surface area contributed by atoms with Gasteiger partial charge in [0, 0.05) is 28.2 Å². The van der Waals surface area contributed by atoms with E-state index in [9.17, 15) is 18.0 Å². The first-order valence-corrected chi connectivity index (χ1v) is 14.7. The zero-order valence-electron chi connectivity index (χ0n) is 24.1. The normalized spacial score (nSPS) is 11.6. The van der Waals surface area contributed by atoms with Gasteiger partial charge in [-0.15, -0.1) is 0 Å². The molecule has 0 saturated carbocycles. The number of hydrogen-bond acceptors (Lipinski definition) is 4. The first-order chi connectivity index (χ1) is 19.2. The quantitative estimate of drug-likeness (QED) is 0.219. The van der Waals surface area contributed by atoms with Crippen molar-refractivity contribution in [2.24, 2.45) is 0 Å². The van der Waals surface area contributed by atoms with E-state index in [1.807, 2.05) is 32.0 Å². The molecule has 0 aliphatic heterocycles. The Bertz CT molecular complexity index is 1700. The summed E-state index contributed by atoms with van der Waals surface area (Å²) >= 11 is 0. The van der Waals surface area contributed by atoms with Crippen LogP contribution in [0.25, 0.3) is 0 Å². The average Bonchev–Trinajstić information content (AvgIpc) is 2.87. The molecule has 0 atom stereocenters. The van der Waals surface area contributed by atoms with Crippen LogP contribution in [-0.2, 0) is 15.4 Å². The average molecular weight is 570 g/mol. The molecule has 0 radical (unpaired) electrons. The van der Waals surface area contributed by atoms with Gasteiger partial charge in [0.1, 0.15) is 0 Å². The molecule has 0 heterocycles. The number of carbonyl (C=O) groups excluding carboxylic acids is 2. The highest BCUT2D eigenvalue weighted by molar-refractivity contribution is 7.92. The largest absolute Gasteiger partial charge is 0.322 e. The third kappa shape index (κ3) is 7.41. The minimum atomic E-state index is -3.94. The number of nitrogens with one attached hydrogen (secondary N) is 3. The number of aryl methyl sites for hydroxylation is 3. The molecular weight excluding hydrogens is 534 g/mol. The molecule has 0 aliphatic carbocycles. The van der Waals surface area contributed by atoms with Gasteiger partial charge in [0.25, 0.3) is 21.8 Å². The van der Waals surface area contributed by atoms with Gasteiger partial charge in [-0.25, -0.2) is 8.42 Å². The fourth-order valence-corrected chi connectivity index (χ4v) is 5.79. The van der Waals surface area contributed by atoms with Gasteiger partial charge in [-0.2, -0.15) is 0 Å². The molecule has 4 aromatic carbocycles. The molecule has 41 heavy (non-hydrogen) atoms. The van der Waals surface area contributed by atoms with Gasteiger partial charge in [0.15, 0.2) is 0 Å². The number of benzene rings is 4. The predicted octanol–water partition coefficient (Wildman–Crippen LogP) is 7.21. The van der Waals surface area contributed by atoms with Gasteiger partial charge in [-0.05, 0) is 103 Å². The Hall–Kier alpha value is -4.43. The zero-order valence-corrected chi connectivity index (χ0v) is 24.9. The van der Waals surface area contributed by atoms with Crippen molar-refractivity contribution in [2.45, 2.75) is 51.9 Å². The van der Waals surface area contributed by atoms with Crippen LogP contribution in [0.3, 0.4) is 0 Å². The van der Waals surface area contributed by atoms with Crippen LogP contribution in [0.15, 0.2) is 89.8 Å². The minimum Gasteiger partial charge on any atom is -0.322 e. The van der Waals surface area contributed by atoms with E-state index >= 15 is 0 Å². The summed E-state index contributed by atoms with van der Waals surface area (Å²) in [6.45, 7) is 11.8. The van der Waals surface area contributed by atoms with Crippen molar-refractivity contribution in [1.82, 2.24) is 0 Å². The molecule has 0 unspecified atom stereocenters. The van der Waals surface area contributed by atoms with Gasteiger partial charge < -0.3 is 10.6 Å². The first-order valence-electron chi connectivity index (χ1n) is 13.3. The highest BCUT2D eigenvalue weighted by atomic mass is 32.2. The maximum atomic E-state index is 13.2. The zero-order chi connectivity index (χ0) is 29.9. The molecule has 0 aromatic heterocycles. The van der Waals surface area contributed by atoms with Gasteiger partial charge in [-0.3, -0.25) is 14.3 Å². The van der Waals surface area contributed by atoms with E-state index in [4.69, 9.17) is 0 Å². The molecule has 0 aliphatic rings. The highest BCUT2D eigenvalue weighted by Crippen LogP contribution is 2.25. The van der Waals surface area contributed by atoms with Crippen LogP contribution in [0.2, 0.25) is 0 Å². The van der Waals surface area contributed by atoms with Crippen molar-refractivity contribution in [1.29, 1.82) is 0 Å². The second-order valence-electron chi connectivity index (χ2n) is 11.3. The molecule has 8 heteroatoms. The summed E-state index contributed by atoms with van der Waals surface area (Å²) in [6, 6.07) is 24.3. The monoisotopic (exact) mass is 569 g/mol. The third-order valence-electron chi connectivity index (χ3n) is 6.61. The molecule has 4 rings (SSSR count). The summed E-state index contributed by atoms with van der Waals surface area (Å²) in [7, 11) is -3.94. The predicted molar refractivity (Wildman–Crippen MR) is 165 cm³/mol. The van der Waals surface area contributed by atoms with Gasteiger partial charge in [0.05, 0.1) is 4.90 Å². The fraction of sp³-hybridized carbons (Fsp3) is 0.212. The standard InChI is InChI=1S/C33H35N3O4S/c1-21-16-22(2)18-29(17-21)36-41(39,40)30-19-25(11-10-23(30)3)32(38)35-28-9-7-8-27(20-28)34-31(37)24-12-14-26(15-13-24)33(4,5)6/h7-20,36H,1-6H3,(H,34,37)(H,35,38). The summed E-state index contributed by atoms with van der Waals surface area (Å²) in [5.41, 5.74) is 5.63. The smallest absolute Gasteiger partial charge is 0.262 e. The molecule has 212 valence electrons. The molecule has 3 N–H and O–H groups in total. The molecule has 0 spiro atoms. The SMILES string of the molecule is Cc1cc(C)cc(NS(=O)(=O)c2cc(C(=O)Nc3cccc(NC(=O)c4ccc(C(C)(C)C)cc4)c3)ccc2C)c1. The van der Waals surface area contributed by atoms with Crippen LogP contribution in [0, 0.1) is 20.8 Å². The Labute approximate surface area is 242 Å². The van der Waals surface area contributed by atoms with Crippen molar-refractivity contribution in [3.8, 4) is 0 Å². The second kappa shape index (κ2) is 11.6. The van der Waals surface area contributed by atoms with Gasteiger partial charge in [0.2, 0.25) is 0 Å². The van der Waals surface area contributed by atoms with E-state index < -0.39 is 15.9 Å². The number of anilines is 3. The number of hydrogen-bond donors (Lipinski definition) is 3. The minimum absolute atomic E-state index is 0.0133. The van der Waals surface area contributed by atoms with E-state index in [-0.39, 0.29) is 21.8 Å². The lowest BCUT2D eigenvalue weighted by Crippen LogP contribution is -2.17. The number of carbonyl (C=O) groups is 2. The van der Waals surface area contributed by atoms with E-state index in [1.54, 1.807) is 67.6 Å². The summed E-state index contributed by atoms with van der Waals surface area (Å²) < 4.78 is 29.1.